The molecule has 1 saturated carbocycles. The van der Waals surface area contributed by atoms with Crippen LogP contribution in [-0.4, -0.2) is 16.6 Å². The molecule has 2 N–H and O–H groups in total. The molecule has 0 aliphatic heterocycles. The fourth-order valence-electron chi connectivity index (χ4n) is 3.11. The molecular formula is C19H20FNO2. The van der Waals surface area contributed by atoms with Gasteiger partial charge in [-0.25, -0.2) is 9.18 Å². The number of carboxylic acids is 1. The molecule has 0 spiro atoms. The third-order valence-electron chi connectivity index (χ3n) is 4.61. The van der Waals surface area contributed by atoms with E-state index in [1.165, 1.54) is 12.5 Å². The van der Waals surface area contributed by atoms with Crippen molar-refractivity contribution in [2.75, 3.05) is 0 Å². The summed E-state index contributed by atoms with van der Waals surface area (Å²) in [5.74, 6) is -1.10. The Morgan fingerprint density at radius 2 is 1.87 bits per heavy atom. The largest absolute Gasteiger partial charge is 0.478 e. The van der Waals surface area contributed by atoms with Gasteiger partial charge in [-0.15, -0.1) is 0 Å². The molecule has 0 heterocycles. The third-order valence-corrected chi connectivity index (χ3v) is 4.61. The Hall–Kier alpha value is -2.20. The molecular weight excluding hydrogens is 293 g/mol. The zero-order chi connectivity index (χ0) is 16.3. The monoisotopic (exact) mass is 313 g/mol. The highest BCUT2D eigenvalue weighted by Crippen LogP contribution is 2.35. The van der Waals surface area contributed by atoms with E-state index in [2.05, 4.69) is 5.32 Å². The van der Waals surface area contributed by atoms with E-state index in [1.807, 2.05) is 18.2 Å². The van der Waals surface area contributed by atoms with Gasteiger partial charge in [0.25, 0.3) is 0 Å². The van der Waals surface area contributed by atoms with E-state index < -0.39 is 5.97 Å². The number of aromatic carboxylic acids is 1. The topological polar surface area (TPSA) is 49.3 Å². The highest BCUT2D eigenvalue weighted by Gasteiger charge is 2.36. The van der Waals surface area contributed by atoms with Crippen molar-refractivity contribution >= 4 is 5.97 Å². The van der Waals surface area contributed by atoms with Crippen LogP contribution in [0, 0.1) is 5.82 Å². The number of hydrogen-bond acceptors (Lipinski definition) is 2. The summed E-state index contributed by atoms with van der Waals surface area (Å²) in [5, 5.41) is 12.5. The zero-order valence-corrected chi connectivity index (χ0v) is 12.9. The van der Waals surface area contributed by atoms with Gasteiger partial charge in [0.15, 0.2) is 0 Å². The first-order chi connectivity index (χ1) is 11.1. The summed E-state index contributed by atoms with van der Waals surface area (Å²) >= 11 is 0. The van der Waals surface area contributed by atoms with Crippen molar-refractivity contribution < 1.29 is 14.3 Å². The highest BCUT2D eigenvalue weighted by atomic mass is 19.1. The highest BCUT2D eigenvalue weighted by molar-refractivity contribution is 5.87. The summed E-state index contributed by atoms with van der Waals surface area (Å²) in [7, 11) is 0. The van der Waals surface area contributed by atoms with Crippen molar-refractivity contribution in [2.45, 2.75) is 37.8 Å². The third kappa shape index (κ3) is 3.77. The second-order valence-corrected chi connectivity index (χ2v) is 6.30. The fourth-order valence-corrected chi connectivity index (χ4v) is 3.11. The molecule has 3 nitrogen and oxygen atoms in total. The smallest absolute Gasteiger partial charge is 0.335 e. The van der Waals surface area contributed by atoms with E-state index in [0.29, 0.717) is 12.1 Å². The predicted molar refractivity (Wildman–Crippen MR) is 86.9 cm³/mol. The molecule has 0 atom stereocenters. The average molecular weight is 313 g/mol. The first-order valence-electron chi connectivity index (χ1n) is 7.88. The van der Waals surface area contributed by atoms with Crippen molar-refractivity contribution in [3.8, 4) is 0 Å². The van der Waals surface area contributed by atoms with Crippen LogP contribution < -0.4 is 5.32 Å². The predicted octanol–water partition coefficient (Wildman–Crippen LogP) is 3.78. The lowest BCUT2D eigenvalue weighted by molar-refractivity contribution is 0.0697. The molecule has 1 aliphatic rings. The quantitative estimate of drug-likeness (QED) is 0.853. The molecule has 0 saturated heterocycles. The van der Waals surface area contributed by atoms with Gasteiger partial charge >= 0.3 is 5.97 Å². The van der Waals surface area contributed by atoms with Gasteiger partial charge in [-0.05, 0) is 61.1 Å². The Kier molecular flexibility index (Phi) is 4.44. The molecule has 0 bridgehead atoms. The van der Waals surface area contributed by atoms with Crippen LogP contribution in [0.15, 0.2) is 48.5 Å². The van der Waals surface area contributed by atoms with Crippen molar-refractivity contribution in [3.05, 3.63) is 71.0 Å². The van der Waals surface area contributed by atoms with Gasteiger partial charge in [0, 0.05) is 12.1 Å². The number of carbonyl (C=O) groups is 1. The van der Waals surface area contributed by atoms with E-state index in [4.69, 9.17) is 5.11 Å². The first-order valence-corrected chi connectivity index (χ1v) is 7.88. The maximum atomic E-state index is 13.3. The second kappa shape index (κ2) is 6.50. The molecule has 2 aromatic carbocycles. The molecule has 1 fully saturated rings. The van der Waals surface area contributed by atoms with Crippen LogP contribution in [0.25, 0.3) is 0 Å². The second-order valence-electron chi connectivity index (χ2n) is 6.30. The molecule has 3 rings (SSSR count). The lowest BCUT2D eigenvalue weighted by atomic mass is 9.72. The minimum Gasteiger partial charge on any atom is -0.478 e. The van der Waals surface area contributed by atoms with Crippen molar-refractivity contribution in [1.29, 1.82) is 0 Å². The summed E-state index contributed by atoms with van der Waals surface area (Å²) in [4.78, 5) is 10.9. The minimum atomic E-state index is -0.911. The van der Waals surface area contributed by atoms with Crippen molar-refractivity contribution in [3.63, 3.8) is 0 Å². The Bertz CT molecular complexity index is 693. The SMILES string of the molecule is O=C(O)c1ccc(CNC2(Cc3cccc(F)c3)CCC2)cc1. The Morgan fingerprint density at radius 3 is 2.43 bits per heavy atom. The molecule has 0 amide bonds. The van der Waals surface area contributed by atoms with Gasteiger partial charge in [0.1, 0.15) is 5.82 Å². The maximum absolute atomic E-state index is 13.3. The van der Waals surface area contributed by atoms with E-state index >= 15 is 0 Å². The van der Waals surface area contributed by atoms with Crippen LogP contribution in [0.5, 0.6) is 0 Å². The van der Waals surface area contributed by atoms with Crippen LogP contribution in [0.4, 0.5) is 4.39 Å². The first kappa shape index (κ1) is 15.7. The molecule has 0 unspecified atom stereocenters. The number of rotatable bonds is 6. The van der Waals surface area contributed by atoms with Gasteiger partial charge in [0.2, 0.25) is 0 Å². The number of benzene rings is 2. The summed E-state index contributed by atoms with van der Waals surface area (Å²) in [6.07, 6.45) is 4.16. The van der Waals surface area contributed by atoms with Gasteiger partial charge in [-0.3, -0.25) is 0 Å². The van der Waals surface area contributed by atoms with Gasteiger partial charge in [-0.2, -0.15) is 0 Å². The molecule has 120 valence electrons. The Labute approximate surface area is 135 Å². The maximum Gasteiger partial charge on any atom is 0.335 e. The molecule has 4 heteroatoms. The van der Waals surface area contributed by atoms with Gasteiger partial charge in [0.05, 0.1) is 5.56 Å². The van der Waals surface area contributed by atoms with Crippen LogP contribution >= 0.6 is 0 Å². The fraction of sp³-hybridized carbons (Fsp3) is 0.316. The number of nitrogens with one attached hydrogen (secondary N) is 1. The van der Waals surface area contributed by atoms with E-state index in [0.717, 1.165) is 30.4 Å². The van der Waals surface area contributed by atoms with Gasteiger partial charge < -0.3 is 10.4 Å². The number of halogens is 1. The summed E-state index contributed by atoms with van der Waals surface area (Å²) in [6, 6.07) is 13.7. The average Bonchev–Trinajstić information content (AvgIpc) is 2.50. The normalized spacial score (nSPS) is 15.9. The Morgan fingerprint density at radius 1 is 1.13 bits per heavy atom. The van der Waals surface area contributed by atoms with Crippen LogP contribution in [0.1, 0.15) is 40.7 Å². The zero-order valence-electron chi connectivity index (χ0n) is 12.9. The van der Waals surface area contributed by atoms with E-state index in [-0.39, 0.29) is 11.4 Å². The molecule has 1 aliphatic carbocycles. The van der Waals surface area contributed by atoms with Gasteiger partial charge in [-0.1, -0.05) is 24.3 Å². The number of carboxylic acid groups (broad SMARTS) is 1. The van der Waals surface area contributed by atoms with Crippen molar-refractivity contribution in [1.82, 2.24) is 5.32 Å². The van der Waals surface area contributed by atoms with Crippen LogP contribution in [-0.2, 0) is 13.0 Å². The summed E-state index contributed by atoms with van der Waals surface area (Å²) in [6.45, 7) is 0.690. The van der Waals surface area contributed by atoms with Crippen LogP contribution in [0.2, 0.25) is 0 Å². The Balaban J connectivity index is 1.64. The van der Waals surface area contributed by atoms with Crippen LogP contribution in [0.3, 0.4) is 0 Å². The molecule has 2 aromatic rings. The summed E-state index contributed by atoms with van der Waals surface area (Å²) in [5.41, 5.74) is 2.39. The molecule has 0 aromatic heterocycles. The molecule has 0 radical (unpaired) electrons. The lowest BCUT2D eigenvalue weighted by Crippen LogP contribution is -2.52. The summed E-state index contributed by atoms with van der Waals surface area (Å²) < 4.78 is 13.3. The van der Waals surface area contributed by atoms with Crippen molar-refractivity contribution in [2.24, 2.45) is 0 Å². The minimum absolute atomic E-state index is 0.0270. The van der Waals surface area contributed by atoms with E-state index in [9.17, 15) is 9.18 Å². The lowest BCUT2D eigenvalue weighted by Gasteiger charge is -2.43. The van der Waals surface area contributed by atoms with E-state index in [1.54, 1.807) is 24.3 Å². The molecule has 23 heavy (non-hydrogen) atoms. The number of hydrogen-bond donors (Lipinski definition) is 2. The standard InChI is InChI=1S/C19H20FNO2/c20-17-4-1-3-15(11-17)12-19(9-2-10-19)21-13-14-5-7-16(8-6-14)18(22)23/h1,3-8,11,21H,2,9-10,12-13H2,(H,22,23).